The van der Waals surface area contributed by atoms with Crippen molar-refractivity contribution in [2.24, 2.45) is 0 Å². The van der Waals surface area contributed by atoms with Crippen LogP contribution in [0.3, 0.4) is 0 Å². The minimum atomic E-state index is -1.39. The molecule has 1 heterocycles. The van der Waals surface area contributed by atoms with E-state index >= 15 is 0 Å². The Morgan fingerprint density at radius 2 is 2.14 bits per heavy atom. The van der Waals surface area contributed by atoms with Crippen LogP contribution in [-0.2, 0) is 0 Å². The van der Waals surface area contributed by atoms with Crippen molar-refractivity contribution in [1.82, 2.24) is 10.6 Å². The third-order valence-corrected chi connectivity index (χ3v) is 3.27. The van der Waals surface area contributed by atoms with Crippen molar-refractivity contribution in [3.63, 3.8) is 0 Å². The number of aliphatic hydroxyl groups is 1. The van der Waals surface area contributed by atoms with Crippen molar-refractivity contribution < 1.29 is 23.1 Å². The van der Waals surface area contributed by atoms with Crippen molar-refractivity contribution in [3.05, 3.63) is 29.6 Å². The lowest BCUT2D eigenvalue weighted by Gasteiger charge is -2.32. The van der Waals surface area contributed by atoms with Gasteiger partial charge in [0.15, 0.2) is 11.6 Å². The summed E-state index contributed by atoms with van der Waals surface area (Å²) in [5.74, 6) is -3.73. The minimum absolute atomic E-state index is 0.0503. The van der Waals surface area contributed by atoms with Gasteiger partial charge in [0.1, 0.15) is 5.82 Å². The number of amides is 2. The molecular formula is C13H16F3N3O2. The zero-order valence-electron chi connectivity index (χ0n) is 11.2. The zero-order chi connectivity index (χ0) is 15.5. The van der Waals surface area contributed by atoms with Crippen molar-refractivity contribution in [3.8, 4) is 0 Å². The molecule has 2 rings (SSSR count). The van der Waals surface area contributed by atoms with E-state index in [1.165, 1.54) is 0 Å². The Balaban J connectivity index is 1.93. The van der Waals surface area contributed by atoms with Crippen LogP contribution in [0.5, 0.6) is 0 Å². The number of carbonyl (C=O) groups excluding carboxylic acids is 1. The maximum absolute atomic E-state index is 13.4. The molecular weight excluding hydrogens is 287 g/mol. The van der Waals surface area contributed by atoms with Gasteiger partial charge in [-0.2, -0.15) is 0 Å². The molecule has 8 heteroatoms. The van der Waals surface area contributed by atoms with Crippen LogP contribution in [-0.4, -0.2) is 36.4 Å². The predicted molar refractivity (Wildman–Crippen MR) is 70.4 cm³/mol. The molecule has 2 amide bonds. The van der Waals surface area contributed by atoms with Gasteiger partial charge in [-0.25, -0.2) is 18.0 Å². The van der Waals surface area contributed by atoms with Gasteiger partial charge < -0.3 is 21.1 Å². The lowest BCUT2D eigenvalue weighted by molar-refractivity contribution is 0.0198. The Labute approximate surface area is 119 Å². The second-order valence-corrected chi connectivity index (χ2v) is 5.06. The maximum Gasteiger partial charge on any atom is 0.319 e. The number of carbonyl (C=O) groups is 1. The van der Waals surface area contributed by atoms with Crippen LogP contribution in [0.1, 0.15) is 12.8 Å². The number of urea groups is 1. The van der Waals surface area contributed by atoms with E-state index in [0.29, 0.717) is 25.1 Å². The predicted octanol–water partition coefficient (Wildman–Crippen LogP) is 1.34. The number of hydrogen-bond acceptors (Lipinski definition) is 3. The minimum Gasteiger partial charge on any atom is -0.387 e. The van der Waals surface area contributed by atoms with Gasteiger partial charge in [-0.05, 0) is 19.4 Å². The normalized spacial score (nSPS) is 21.9. The van der Waals surface area contributed by atoms with Gasteiger partial charge in [0.25, 0.3) is 0 Å². The Hall–Kier alpha value is -1.80. The summed E-state index contributed by atoms with van der Waals surface area (Å²) in [7, 11) is 0. The van der Waals surface area contributed by atoms with Crippen molar-refractivity contribution in [2.75, 3.05) is 25.0 Å². The summed E-state index contributed by atoms with van der Waals surface area (Å²) in [6.07, 6.45) is 1.28. The van der Waals surface area contributed by atoms with Crippen molar-refractivity contribution >= 4 is 11.7 Å². The molecule has 4 N–H and O–H groups in total. The second kappa shape index (κ2) is 6.31. The van der Waals surface area contributed by atoms with E-state index in [1.54, 1.807) is 0 Å². The number of benzene rings is 1. The molecule has 0 saturated carbocycles. The SMILES string of the molecule is O=C(NCC1(O)CCCNC1)Nc1cc(F)cc(F)c1F. The van der Waals surface area contributed by atoms with Crippen LogP contribution >= 0.6 is 0 Å². The Morgan fingerprint density at radius 3 is 2.81 bits per heavy atom. The number of hydrogen-bond donors (Lipinski definition) is 4. The highest BCUT2D eigenvalue weighted by Crippen LogP contribution is 2.19. The smallest absolute Gasteiger partial charge is 0.319 e. The highest BCUT2D eigenvalue weighted by Gasteiger charge is 2.29. The zero-order valence-corrected chi connectivity index (χ0v) is 11.2. The molecule has 1 atom stereocenters. The Morgan fingerprint density at radius 1 is 1.38 bits per heavy atom. The molecule has 116 valence electrons. The summed E-state index contributed by atoms with van der Waals surface area (Å²) in [4.78, 5) is 11.6. The highest BCUT2D eigenvalue weighted by molar-refractivity contribution is 5.89. The molecule has 0 radical (unpaired) electrons. The van der Waals surface area contributed by atoms with E-state index in [9.17, 15) is 23.1 Å². The van der Waals surface area contributed by atoms with Gasteiger partial charge in [0.05, 0.1) is 11.3 Å². The summed E-state index contributed by atoms with van der Waals surface area (Å²) in [6.45, 7) is 1.07. The Kier molecular flexibility index (Phi) is 4.69. The number of nitrogens with one attached hydrogen (secondary N) is 3. The van der Waals surface area contributed by atoms with Crippen LogP contribution in [0.2, 0.25) is 0 Å². The fourth-order valence-corrected chi connectivity index (χ4v) is 2.16. The number of anilines is 1. The summed E-state index contributed by atoms with van der Waals surface area (Å²) < 4.78 is 39.3. The van der Waals surface area contributed by atoms with Crippen LogP contribution in [0, 0.1) is 17.5 Å². The first-order valence-corrected chi connectivity index (χ1v) is 6.52. The van der Waals surface area contributed by atoms with E-state index in [0.717, 1.165) is 13.0 Å². The summed E-state index contributed by atoms with van der Waals surface area (Å²) in [5.41, 5.74) is -1.68. The largest absolute Gasteiger partial charge is 0.387 e. The molecule has 1 saturated heterocycles. The third kappa shape index (κ3) is 4.08. The lowest BCUT2D eigenvalue weighted by atomic mass is 9.94. The maximum atomic E-state index is 13.4. The fourth-order valence-electron chi connectivity index (χ4n) is 2.16. The molecule has 1 aromatic carbocycles. The van der Waals surface area contributed by atoms with Gasteiger partial charge in [-0.1, -0.05) is 0 Å². The van der Waals surface area contributed by atoms with Crippen molar-refractivity contribution in [1.29, 1.82) is 0 Å². The van der Waals surface area contributed by atoms with Crippen LogP contribution in [0.4, 0.5) is 23.7 Å². The lowest BCUT2D eigenvalue weighted by Crippen LogP contribution is -2.53. The molecule has 0 aliphatic carbocycles. The highest BCUT2D eigenvalue weighted by atomic mass is 19.2. The van der Waals surface area contributed by atoms with Gasteiger partial charge in [0, 0.05) is 25.2 Å². The van der Waals surface area contributed by atoms with Gasteiger partial charge >= 0.3 is 6.03 Å². The molecule has 1 aromatic rings. The Bertz CT molecular complexity index is 534. The third-order valence-electron chi connectivity index (χ3n) is 3.27. The standard InChI is InChI=1S/C13H16F3N3O2/c14-8-4-9(15)11(16)10(5-8)19-12(20)18-7-13(21)2-1-3-17-6-13/h4-5,17,21H,1-3,6-7H2,(H2,18,19,20). The number of β-amino-alcohol motifs (C(OH)–C–C–N with tert-alkyl or cyclic N) is 1. The molecule has 1 aliphatic heterocycles. The molecule has 0 aromatic heterocycles. The first kappa shape index (κ1) is 15.6. The van der Waals surface area contributed by atoms with E-state index in [-0.39, 0.29) is 6.54 Å². The van der Waals surface area contributed by atoms with Crippen LogP contribution < -0.4 is 16.0 Å². The molecule has 1 unspecified atom stereocenters. The van der Waals surface area contributed by atoms with E-state index < -0.39 is 34.8 Å². The number of piperidine rings is 1. The van der Waals surface area contributed by atoms with E-state index in [4.69, 9.17) is 0 Å². The van der Waals surface area contributed by atoms with Gasteiger partial charge in [-0.3, -0.25) is 0 Å². The average Bonchev–Trinajstić information content (AvgIpc) is 2.43. The van der Waals surface area contributed by atoms with E-state index in [1.807, 2.05) is 5.32 Å². The molecule has 1 aliphatic rings. The van der Waals surface area contributed by atoms with Crippen LogP contribution in [0.25, 0.3) is 0 Å². The summed E-state index contributed by atoms with van der Waals surface area (Å²) in [6, 6.07) is 0.210. The average molecular weight is 303 g/mol. The topological polar surface area (TPSA) is 73.4 Å². The quantitative estimate of drug-likeness (QED) is 0.637. The van der Waals surface area contributed by atoms with Gasteiger partial charge in [0.2, 0.25) is 0 Å². The van der Waals surface area contributed by atoms with Crippen molar-refractivity contribution in [2.45, 2.75) is 18.4 Å². The number of halogens is 3. The first-order valence-electron chi connectivity index (χ1n) is 6.52. The first-order chi connectivity index (χ1) is 9.89. The van der Waals surface area contributed by atoms with E-state index in [2.05, 4.69) is 10.6 Å². The molecule has 5 nitrogen and oxygen atoms in total. The second-order valence-electron chi connectivity index (χ2n) is 5.06. The monoisotopic (exact) mass is 303 g/mol. The van der Waals surface area contributed by atoms with Gasteiger partial charge in [-0.15, -0.1) is 0 Å². The van der Waals surface area contributed by atoms with Crippen LogP contribution in [0.15, 0.2) is 12.1 Å². The fraction of sp³-hybridized carbons (Fsp3) is 0.462. The number of rotatable bonds is 3. The molecule has 21 heavy (non-hydrogen) atoms. The molecule has 1 fully saturated rings. The summed E-state index contributed by atoms with van der Waals surface area (Å²) in [5, 5.41) is 17.5. The molecule has 0 spiro atoms. The molecule has 0 bridgehead atoms. The summed E-state index contributed by atoms with van der Waals surface area (Å²) >= 11 is 0.